The van der Waals surface area contributed by atoms with Crippen LogP contribution in [0.3, 0.4) is 0 Å². The molecule has 0 spiro atoms. The first-order valence-electron chi connectivity index (χ1n) is 12.3. The minimum atomic E-state index is 0.570. The second kappa shape index (κ2) is 12.2. The molecular formula is C29H31Cl2N3O. The Labute approximate surface area is 217 Å². The molecule has 35 heavy (non-hydrogen) atoms. The maximum absolute atomic E-state index is 6.53. The van der Waals surface area contributed by atoms with Gasteiger partial charge < -0.3 is 4.74 Å². The molecule has 1 heterocycles. The molecule has 0 atom stereocenters. The summed E-state index contributed by atoms with van der Waals surface area (Å²) in [5, 5.41) is 10.2. The van der Waals surface area contributed by atoms with E-state index in [-0.39, 0.29) is 0 Å². The van der Waals surface area contributed by atoms with Gasteiger partial charge in [0.2, 0.25) is 0 Å². The highest BCUT2D eigenvalue weighted by molar-refractivity contribution is 6.35. The van der Waals surface area contributed by atoms with Crippen LogP contribution in [0.15, 0.2) is 66.7 Å². The van der Waals surface area contributed by atoms with Crippen LogP contribution in [0.4, 0.5) is 0 Å². The summed E-state index contributed by atoms with van der Waals surface area (Å²) in [6, 6.07) is 21.7. The van der Waals surface area contributed by atoms with E-state index in [4.69, 9.17) is 27.9 Å². The quantitative estimate of drug-likeness (QED) is 0.190. The third-order valence-corrected chi connectivity index (χ3v) is 6.57. The summed E-state index contributed by atoms with van der Waals surface area (Å²) in [6.45, 7) is 5.04. The molecule has 0 aliphatic rings. The van der Waals surface area contributed by atoms with Crippen molar-refractivity contribution in [3.05, 3.63) is 82.3 Å². The number of benzene rings is 3. The van der Waals surface area contributed by atoms with Gasteiger partial charge in [0.05, 0.1) is 11.6 Å². The Balaban J connectivity index is 1.58. The molecule has 182 valence electrons. The third-order valence-electron chi connectivity index (χ3n) is 6.00. The first kappa shape index (κ1) is 25.3. The van der Waals surface area contributed by atoms with Crippen molar-refractivity contribution >= 4 is 23.2 Å². The molecule has 0 saturated carbocycles. The van der Waals surface area contributed by atoms with Crippen LogP contribution in [0.1, 0.15) is 51.0 Å². The maximum Gasteiger partial charge on any atom is 0.170 e. The minimum Gasteiger partial charge on any atom is -0.494 e. The van der Waals surface area contributed by atoms with Crippen molar-refractivity contribution < 1.29 is 4.74 Å². The molecule has 0 radical (unpaired) electrons. The predicted octanol–water partition coefficient (Wildman–Crippen LogP) is 8.96. The van der Waals surface area contributed by atoms with Crippen LogP contribution in [0.2, 0.25) is 10.0 Å². The fourth-order valence-electron chi connectivity index (χ4n) is 4.03. The Kier molecular flexibility index (Phi) is 8.84. The van der Waals surface area contributed by atoms with Crippen molar-refractivity contribution in [2.75, 3.05) is 6.61 Å². The molecule has 0 unspecified atom stereocenters. The van der Waals surface area contributed by atoms with Gasteiger partial charge in [-0.2, -0.15) is 0 Å². The van der Waals surface area contributed by atoms with Crippen LogP contribution in [0, 0.1) is 6.92 Å². The van der Waals surface area contributed by atoms with Gasteiger partial charge in [0.15, 0.2) is 11.6 Å². The smallest absolute Gasteiger partial charge is 0.170 e. The number of nitrogens with zero attached hydrogens (tertiary/aromatic N) is 3. The number of ether oxygens (including phenoxy) is 1. The van der Waals surface area contributed by atoms with E-state index < -0.39 is 0 Å². The zero-order valence-corrected chi connectivity index (χ0v) is 21.8. The summed E-state index contributed by atoms with van der Waals surface area (Å²) in [6.07, 6.45) is 7.48. The zero-order chi connectivity index (χ0) is 24.6. The van der Waals surface area contributed by atoms with Crippen molar-refractivity contribution in [3.8, 4) is 34.2 Å². The summed E-state index contributed by atoms with van der Waals surface area (Å²) < 4.78 is 7.98. The summed E-state index contributed by atoms with van der Waals surface area (Å²) in [4.78, 5) is 0. The first-order chi connectivity index (χ1) is 17.1. The lowest BCUT2D eigenvalue weighted by atomic mass is 10.1. The number of aromatic nitrogens is 3. The second-order valence-electron chi connectivity index (χ2n) is 8.78. The van der Waals surface area contributed by atoms with Crippen LogP contribution in [0.5, 0.6) is 5.75 Å². The van der Waals surface area contributed by atoms with Crippen molar-refractivity contribution in [3.63, 3.8) is 0 Å². The summed E-state index contributed by atoms with van der Waals surface area (Å²) in [5.74, 6) is 2.23. The topological polar surface area (TPSA) is 39.9 Å². The lowest BCUT2D eigenvalue weighted by Gasteiger charge is -2.13. The van der Waals surface area contributed by atoms with Gasteiger partial charge in [-0.25, -0.2) is 0 Å². The zero-order valence-electron chi connectivity index (χ0n) is 20.3. The lowest BCUT2D eigenvalue weighted by molar-refractivity contribution is 0.304. The van der Waals surface area contributed by atoms with Gasteiger partial charge in [0, 0.05) is 21.8 Å². The van der Waals surface area contributed by atoms with E-state index in [1.807, 2.05) is 34.9 Å². The van der Waals surface area contributed by atoms with Crippen molar-refractivity contribution in [1.82, 2.24) is 14.8 Å². The van der Waals surface area contributed by atoms with E-state index in [2.05, 4.69) is 48.3 Å². The van der Waals surface area contributed by atoms with E-state index in [0.717, 1.165) is 41.4 Å². The van der Waals surface area contributed by atoms with Crippen LogP contribution in [0.25, 0.3) is 28.5 Å². The predicted molar refractivity (Wildman–Crippen MR) is 146 cm³/mol. The number of rotatable bonds is 11. The molecule has 3 aromatic carbocycles. The summed E-state index contributed by atoms with van der Waals surface area (Å²) >= 11 is 12.8. The van der Waals surface area contributed by atoms with Gasteiger partial charge in [0.25, 0.3) is 0 Å². The van der Waals surface area contributed by atoms with Crippen LogP contribution in [-0.2, 0) is 0 Å². The molecule has 4 aromatic rings. The first-order valence-corrected chi connectivity index (χ1v) is 13.0. The van der Waals surface area contributed by atoms with E-state index in [1.54, 1.807) is 12.1 Å². The molecule has 6 heteroatoms. The molecule has 0 saturated heterocycles. The van der Waals surface area contributed by atoms with Gasteiger partial charge >= 0.3 is 0 Å². The molecule has 0 aliphatic carbocycles. The number of aryl methyl sites for hydroxylation is 1. The summed E-state index contributed by atoms with van der Waals surface area (Å²) in [7, 11) is 0. The number of hydrogen-bond donors (Lipinski definition) is 0. The van der Waals surface area contributed by atoms with Crippen molar-refractivity contribution in [2.24, 2.45) is 0 Å². The van der Waals surface area contributed by atoms with Gasteiger partial charge in [0.1, 0.15) is 5.75 Å². The van der Waals surface area contributed by atoms with Crippen molar-refractivity contribution in [1.29, 1.82) is 0 Å². The number of unbranched alkanes of at least 4 members (excludes halogenated alkanes) is 5. The number of hydrogen-bond acceptors (Lipinski definition) is 3. The molecule has 4 nitrogen and oxygen atoms in total. The van der Waals surface area contributed by atoms with E-state index in [9.17, 15) is 0 Å². The molecule has 0 amide bonds. The Morgan fingerprint density at radius 1 is 0.771 bits per heavy atom. The van der Waals surface area contributed by atoms with Crippen LogP contribution in [-0.4, -0.2) is 21.4 Å². The van der Waals surface area contributed by atoms with Crippen molar-refractivity contribution in [2.45, 2.75) is 52.4 Å². The summed E-state index contributed by atoms with van der Waals surface area (Å²) in [5.41, 5.74) is 3.80. The van der Waals surface area contributed by atoms with E-state index in [1.165, 1.54) is 37.7 Å². The third kappa shape index (κ3) is 6.45. The molecular weight excluding hydrogens is 477 g/mol. The Morgan fingerprint density at radius 3 is 2.20 bits per heavy atom. The highest BCUT2D eigenvalue weighted by Crippen LogP contribution is 2.34. The largest absolute Gasteiger partial charge is 0.494 e. The fourth-order valence-corrected chi connectivity index (χ4v) is 4.40. The Hall–Kier alpha value is -2.82. The Morgan fingerprint density at radius 2 is 1.46 bits per heavy atom. The Bertz CT molecular complexity index is 1230. The monoisotopic (exact) mass is 507 g/mol. The van der Waals surface area contributed by atoms with E-state index in [0.29, 0.717) is 15.9 Å². The molecule has 1 aromatic heterocycles. The highest BCUT2D eigenvalue weighted by Gasteiger charge is 2.19. The van der Waals surface area contributed by atoms with Gasteiger partial charge in [-0.15, -0.1) is 10.2 Å². The minimum absolute atomic E-state index is 0.570. The maximum atomic E-state index is 6.53. The molecule has 0 aliphatic heterocycles. The molecule has 0 fully saturated rings. The average molecular weight is 508 g/mol. The van der Waals surface area contributed by atoms with E-state index >= 15 is 0 Å². The molecule has 0 bridgehead atoms. The molecule has 4 rings (SSSR count). The van der Waals surface area contributed by atoms with Gasteiger partial charge in [-0.1, -0.05) is 79.9 Å². The van der Waals surface area contributed by atoms with Gasteiger partial charge in [-0.3, -0.25) is 4.57 Å². The average Bonchev–Trinajstić information content (AvgIpc) is 3.31. The normalized spacial score (nSPS) is 11.1. The molecule has 0 N–H and O–H groups in total. The van der Waals surface area contributed by atoms with Gasteiger partial charge in [-0.05, 0) is 67.9 Å². The number of halogens is 2. The fraction of sp³-hybridized carbons (Fsp3) is 0.310. The SMILES string of the molecule is CCCCCCCCOc1ccc(-c2nnc(-c3cc(Cl)ccc3Cl)n2-c2ccc(C)cc2)cc1. The van der Waals surface area contributed by atoms with Crippen LogP contribution < -0.4 is 4.74 Å². The lowest BCUT2D eigenvalue weighted by Crippen LogP contribution is -2.01. The second-order valence-corrected chi connectivity index (χ2v) is 9.63. The highest BCUT2D eigenvalue weighted by atomic mass is 35.5. The van der Waals surface area contributed by atoms with Crippen LogP contribution >= 0.6 is 23.2 Å². The standard InChI is InChI=1S/C29H31Cl2N3O/c1-3-4-5-6-7-8-19-35-25-16-11-22(12-17-25)28-32-33-29(26-20-23(30)13-18-27(26)31)34(28)24-14-9-21(2)10-15-24/h9-18,20H,3-8,19H2,1-2H3.